The number of halogens is 2. The Morgan fingerprint density at radius 1 is 0.658 bits per heavy atom. The maximum absolute atomic E-state index is 4.93. The number of rotatable bonds is 2. The van der Waals surface area contributed by atoms with E-state index in [1.807, 2.05) is 0 Å². The number of benzene rings is 4. The zero-order valence-electron chi connectivity index (χ0n) is 22.7. The van der Waals surface area contributed by atoms with Crippen LogP contribution in [0.25, 0.3) is 43.4 Å². The quantitative estimate of drug-likeness (QED) is 0.132. The molecule has 0 unspecified atom stereocenters. The summed E-state index contributed by atoms with van der Waals surface area (Å²) in [5, 5.41) is 8.02. The summed E-state index contributed by atoms with van der Waals surface area (Å²) < 4.78 is 0. The molecule has 0 saturated carbocycles. The van der Waals surface area contributed by atoms with Gasteiger partial charge in [-0.15, -0.1) is 75.1 Å². The van der Waals surface area contributed by atoms with Crippen molar-refractivity contribution in [2.24, 2.45) is 0 Å². The Bertz CT molecular complexity index is 1520. The first-order valence-corrected chi connectivity index (χ1v) is 21.1. The molecule has 6 aromatic carbocycles. The molecule has 0 amide bonds. The average molecular weight is 633 g/mol. The molecule has 0 aliphatic rings. The van der Waals surface area contributed by atoms with Crippen LogP contribution in [0.2, 0.25) is 13.1 Å². The van der Waals surface area contributed by atoms with E-state index in [1.165, 1.54) is 54.6 Å². The number of hydrogen-bond donors (Lipinski definition) is 0. The second-order valence-corrected chi connectivity index (χ2v) is 14.2. The van der Waals surface area contributed by atoms with Gasteiger partial charge < -0.3 is 0 Å². The zero-order chi connectivity index (χ0) is 27.5. The van der Waals surface area contributed by atoms with Crippen molar-refractivity contribution in [2.75, 3.05) is 0 Å². The molecule has 0 nitrogen and oxygen atoms in total. The van der Waals surface area contributed by atoms with Crippen LogP contribution in [0, 0.1) is 6.92 Å². The summed E-state index contributed by atoms with van der Waals surface area (Å²) in [4.78, 5) is 0. The van der Waals surface area contributed by atoms with Crippen LogP contribution in [0.15, 0.2) is 109 Å². The monoisotopic (exact) mass is 630 g/mol. The van der Waals surface area contributed by atoms with E-state index >= 15 is 0 Å². The SMILES string of the molecule is CC(C)c1cc2ccccc2[cH-]1.C[Si]C.Cc1cc2c(-c3cccc4ccccc34)cccc2[cH-]1.[Cl][Zr+2][Cl]. The Labute approximate surface area is 249 Å². The molecule has 2 radical (unpaired) electrons. The van der Waals surface area contributed by atoms with E-state index in [0.717, 1.165) is 9.52 Å². The molecule has 0 N–H and O–H groups in total. The first kappa shape index (κ1) is 30.6. The van der Waals surface area contributed by atoms with Crippen molar-refractivity contribution in [2.45, 2.75) is 39.8 Å². The Hall–Kier alpha value is -1.96. The van der Waals surface area contributed by atoms with E-state index in [9.17, 15) is 0 Å². The number of hydrogen-bond acceptors (Lipinski definition) is 0. The second-order valence-electron chi connectivity index (χ2n) is 9.51. The standard InChI is InChI=1S/C20H15.C12H13.C2H6Si.2ClH.Zr/c1-14-12-16-8-5-11-19(20(16)13-14)18-10-4-7-15-6-2-3-9-17(15)18;1-9(2)12-7-10-5-3-4-6-11(10)8-12;1-3-2;;;/h2-13H,1H3;3-9H,1-2H3;1-2H3;2*1H;/q2*-1;;;;+4/p-2. The second kappa shape index (κ2) is 15.6. The van der Waals surface area contributed by atoms with Crippen LogP contribution in [-0.2, 0) is 20.8 Å². The molecule has 0 aromatic heterocycles. The van der Waals surface area contributed by atoms with Crippen LogP contribution < -0.4 is 0 Å². The fraction of sp³-hybridized carbons (Fsp3) is 0.176. The Balaban J connectivity index is 0.000000189. The van der Waals surface area contributed by atoms with Gasteiger partial charge in [0.1, 0.15) is 0 Å². The third kappa shape index (κ3) is 8.03. The first-order chi connectivity index (χ1) is 18.4. The normalized spacial score (nSPS) is 10.2. The molecule has 4 heteroatoms. The summed E-state index contributed by atoms with van der Waals surface area (Å²) in [7, 11) is 11.0. The Morgan fingerprint density at radius 3 is 1.84 bits per heavy atom. The fourth-order valence-electron chi connectivity index (χ4n) is 4.59. The molecule has 0 heterocycles. The molecule has 6 aromatic rings. The van der Waals surface area contributed by atoms with Gasteiger partial charge in [-0.1, -0.05) is 94.0 Å². The summed E-state index contributed by atoms with van der Waals surface area (Å²) in [5.41, 5.74) is 5.41. The van der Waals surface area contributed by atoms with Gasteiger partial charge in [0.05, 0.1) is 0 Å². The van der Waals surface area contributed by atoms with Gasteiger partial charge in [0.15, 0.2) is 0 Å². The van der Waals surface area contributed by atoms with Crippen molar-refractivity contribution in [3.05, 3.63) is 120 Å². The van der Waals surface area contributed by atoms with Crippen molar-refractivity contribution >= 4 is 58.9 Å². The molecule has 0 atom stereocenters. The van der Waals surface area contributed by atoms with Gasteiger partial charge in [-0.3, -0.25) is 0 Å². The Morgan fingerprint density at radius 2 is 1.18 bits per heavy atom. The van der Waals surface area contributed by atoms with Gasteiger partial charge in [-0.05, 0) is 22.3 Å². The molecule has 0 aliphatic carbocycles. The van der Waals surface area contributed by atoms with E-state index in [-0.39, 0.29) is 0 Å². The predicted octanol–water partition coefficient (Wildman–Crippen LogP) is 11.5. The summed E-state index contributed by atoms with van der Waals surface area (Å²) in [6, 6.07) is 39.3. The minimum absolute atomic E-state index is 0.636. The van der Waals surface area contributed by atoms with E-state index in [2.05, 4.69) is 143 Å². The molecule has 0 spiro atoms. The molecule has 0 saturated heterocycles. The van der Waals surface area contributed by atoms with Crippen LogP contribution in [0.5, 0.6) is 0 Å². The summed E-state index contributed by atoms with van der Waals surface area (Å²) >= 11 is -0.826. The molecule has 0 aliphatic heterocycles. The van der Waals surface area contributed by atoms with Crippen LogP contribution in [-0.4, -0.2) is 9.52 Å². The topological polar surface area (TPSA) is 0 Å². The minimum atomic E-state index is -0.826. The van der Waals surface area contributed by atoms with Crippen molar-refractivity contribution in [1.82, 2.24) is 0 Å². The third-order valence-corrected chi connectivity index (χ3v) is 6.28. The van der Waals surface area contributed by atoms with Crippen LogP contribution in [0.4, 0.5) is 0 Å². The fourth-order valence-corrected chi connectivity index (χ4v) is 4.59. The van der Waals surface area contributed by atoms with E-state index < -0.39 is 20.8 Å². The predicted molar refractivity (Wildman–Crippen MR) is 170 cm³/mol. The van der Waals surface area contributed by atoms with Gasteiger partial charge in [0.25, 0.3) is 0 Å². The van der Waals surface area contributed by atoms with E-state index in [1.54, 1.807) is 0 Å². The summed E-state index contributed by atoms with van der Waals surface area (Å²) in [6.45, 7) is 10.9. The van der Waals surface area contributed by atoms with Crippen LogP contribution >= 0.6 is 17.0 Å². The van der Waals surface area contributed by atoms with Crippen LogP contribution in [0.3, 0.4) is 0 Å². The van der Waals surface area contributed by atoms with E-state index in [4.69, 9.17) is 17.0 Å². The van der Waals surface area contributed by atoms with Gasteiger partial charge >= 0.3 is 37.9 Å². The summed E-state index contributed by atoms with van der Waals surface area (Å²) in [6.07, 6.45) is 0. The van der Waals surface area contributed by atoms with Crippen molar-refractivity contribution in [1.29, 1.82) is 0 Å². The molecular weight excluding hydrogens is 599 g/mol. The van der Waals surface area contributed by atoms with Gasteiger partial charge in [0, 0.05) is 9.52 Å². The molecule has 38 heavy (non-hydrogen) atoms. The van der Waals surface area contributed by atoms with Gasteiger partial charge in [-0.2, -0.15) is 12.1 Å². The molecular formula is C34H34Cl2SiZr. The van der Waals surface area contributed by atoms with E-state index in [0.29, 0.717) is 5.92 Å². The summed E-state index contributed by atoms with van der Waals surface area (Å²) in [5.74, 6) is 0.636. The zero-order valence-corrected chi connectivity index (χ0v) is 27.7. The maximum atomic E-state index is 4.93. The number of fused-ring (bicyclic) bond motifs is 3. The molecule has 192 valence electrons. The molecule has 0 bridgehead atoms. The van der Waals surface area contributed by atoms with Crippen molar-refractivity contribution in [3.8, 4) is 11.1 Å². The first-order valence-electron chi connectivity index (χ1n) is 12.8. The average Bonchev–Trinajstić information content (AvgIpc) is 3.53. The van der Waals surface area contributed by atoms with Gasteiger partial charge in [-0.25, -0.2) is 0 Å². The third-order valence-electron chi connectivity index (χ3n) is 6.28. The Kier molecular flexibility index (Phi) is 12.5. The van der Waals surface area contributed by atoms with Crippen LogP contribution in [0.1, 0.15) is 30.9 Å². The van der Waals surface area contributed by atoms with Crippen molar-refractivity contribution in [3.63, 3.8) is 0 Å². The molecule has 0 fully saturated rings. The van der Waals surface area contributed by atoms with Crippen molar-refractivity contribution < 1.29 is 20.8 Å². The van der Waals surface area contributed by atoms with Gasteiger partial charge in [0.2, 0.25) is 0 Å². The molecule has 6 rings (SSSR count). The number of aryl methyl sites for hydroxylation is 1.